The summed E-state index contributed by atoms with van der Waals surface area (Å²) in [6.07, 6.45) is 1.23. The molecule has 0 saturated carbocycles. The van der Waals surface area contributed by atoms with Gasteiger partial charge < -0.3 is 4.57 Å². The number of hydrogen-bond donors (Lipinski definition) is 0. The highest BCUT2D eigenvalue weighted by atomic mass is 35.5. The van der Waals surface area contributed by atoms with E-state index < -0.39 is 21.1 Å². The molecule has 25 heavy (non-hydrogen) atoms. The highest BCUT2D eigenvalue weighted by Gasteiger charge is 2.26. The highest BCUT2D eigenvalue weighted by Crippen LogP contribution is 2.24. The number of carbonyl (C=O) groups excluding carboxylic acids is 1. The topological polar surface area (TPSA) is 56.1 Å². The third-order valence-electron chi connectivity index (χ3n) is 3.63. The fourth-order valence-electron chi connectivity index (χ4n) is 2.58. The van der Waals surface area contributed by atoms with Gasteiger partial charge in [-0.05, 0) is 23.1 Å². The maximum Gasteiger partial charge on any atom is 0.183 e. The zero-order valence-corrected chi connectivity index (χ0v) is 16.2. The molecule has 4 nitrogen and oxygen atoms in total. The van der Waals surface area contributed by atoms with E-state index in [-0.39, 0.29) is 39.1 Å². The summed E-state index contributed by atoms with van der Waals surface area (Å²) in [5, 5.41) is -0.0503. The Labute approximate surface area is 152 Å². The van der Waals surface area contributed by atoms with E-state index in [4.69, 9.17) is 11.6 Å². The minimum Gasteiger partial charge on any atom is -0.347 e. The van der Waals surface area contributed by atoms with Gasteiger partial charge in [-0.3, -0.25) is 4.79 Å². The predicted octanol–water partition coefficient (Wildman–Crippen LogP) is 4.06. The molecule has 0 saturated heterocycles. The van der Waals surface area contributed by atoms with E-state index in [1.54, 1.807) is 13.1 Å². The third kappa shape index (κ3) is 4.70. The molecule has 0 amide bonds. The summed E-state index contributed by atoms with van der Waals surface area (Å²) < 4.78 is 40.4. The van der Waals surface area contributed by atoms with Crippen LogP contribution in [-0.4, -0.2) is 24.5 Å². The van der Waals surface area contributed by atoms with Gasteiger partial charge in [0.25, 0.3) is 0 Å². The maximum absolute atomic E-state index is 14.0. The van der Waals surface area contributed by atoms with Crippen molar-refractivity contribution in [3.05, 3.63) is 52.6 Å². The monoisotopic (exact) mass is 385 g/mol. The number of Topliss-reactive ketones (excluding diaryl/α,β-unsaturated/α-hetero) is 1. The van der Waals surface area contributed by atoms with Gasteiger partial charge in [0, 0.05) is 19.7 Å². The van der Waals surface area contributed by atoms with Crippen molar-refractivity contribution < 1.29 is 17.6 Å². The number of hydrogen-bond acceptors (Lipinski definition) is 3. The molecule has 7 heteroatoms. The summed E-state index contributed by atoms with van der Waals surface area (Å²) in [5.41, 5.74) is -0.00683. The van der Waals surface area contributed by atoms with Crippen molar-refractivity contribution in [3.8, 4) is 0 Å². The van der Waals surface area contributed by atoms with Crippen LogP contribution in [0.4, 0.5) is 4.39 Å². The molecule has 2 rings (SSSR count). The van der Waals surface area contributed by atoms with Crippen molar-refractivity contribution in [1.82, 2.24) is 4.57 Å². The summed E-state index contributed by atoms with van der Waals surface area (Å²) in [6, 6.07) is 5.81. The van der Waals surface area contributed by atoms with E-state index >= 15 is 0 Å². The van der Waals surface area contributed by atoms with E-state index in [0.717, 1.165) is 0 Å². The number of rotatable bonds is 5. The first-order valence-electron chi connectivity index (χ1n) is 7.76. The predicted molar refractivity (Wildman–Crippen MR) is 96.4 cm³/mol. The van der Waals surface area contributed by atoms with Crippen molar-refractivity contribution in [3.63, 3.8) is 0 Å². The zero-order valence-electron chi connectivity index (χ0n) is 14.6. The first-order chi connectivity index (χ1) is 11.4. The van der Waals surface area contributed by atoms with Crippen LogP contribution in [0.1, 0.15) is 36.8 Å². The van der Waals surface area contributed by atoms with Crippen LogP contribution in [-0.2, 0) is 23.3 Å². The molecule has 0 N–H and O–H groups in total. The van der Waals surface area contributed by atoms with Crippen molar-refractivity contribution in [2.75, 3.05) is 5.75 Å². The standard InChI is InChI=1S/C18H21ClFNO3S/c1-18(2,3)11-25(23,24)13-9-15(21(4)10-13)16(22)8-12-6-5-7-14(19)17(12)20/h5-7,9-10H,8,11H2,1-4H3. The average Bonchev–Trinajstić information content (AvgIpc) is 2.84. The van der Waals surface area contributed by atoms with Crippen LogP contribution in [0, 0.1) is 11.2 Å². The van der Waals surface area contributed by atoms with E-state index in [1.807, 2.05) is 20.8 Å². The van der Waals surface area contributed by atoms with Gasteiger partial charge in [0.15, 0.2) is 15.6 Å². The Balaban J connectivity index is 2.31. The van der Waals surface area contributed by atoms with E-state index in [9.17, 15) is 17.6 Å². The first-order valence-corrected chi connectivity index (χ1v) is 9.79. The average molecular weight is 386 g/mol. The Bertz CT molecular complexity index is 911. The van der Waals surface area contributed by atoms with Crippen molar-refractivity contribution in [2.45, 2.75) is 32.1 Å². The van der Waals surface area contributed by atoms with E-state index in [2.05, 4.69) is 0 Å². The number of nitrogens with zero attached hydrogens (tertiary/aromatic N) is 1. The van der Waals surface area contributed by atoms with Gasteiger partial charge in [-0.15, -0.1) is 0 Å². The number of aryl methyl sites for hydroxylation is 1. The molecule has 1 aromatic carbocycles. The number of benzene rings is 1. The van der Waals surface area contributed by atoms with E-state index in [1.165, 1.54) is 29.0 Å². The number of ketones is 1. The SMILES string of the molecule is Cn1cc(S(=O)(=O)CC(C)(C)C)cc1C(=O)Cc1cccc(Cl)c1F. The summed E-state index contributed by atoms with van der Waals surface area (Å²) in [7, 11) is -1.91. The van der Waals surface area contributed by atoms with Crippen LogP contribution >= 0.6 is 11.6 Å². The third-order valence-corrected chi connectivity index (χ3v) is 6.11. The second-order valence-electron chi connectivity index (χ2n) is 7.30. The second kappa shape index (κ2) is 6.92. The lowest BCUT2D eigenvalue weighted by molar-refractivity contribution is 0.0984. The molecule has 2 aromatic rings. The van der Waals surface area contributed by atoms with Gasteiger partial charge >= 0.3 is 0 Å². The number of carbonyl (C=O) groups is 1. The maximum atomic E-state index is 14.0. The smallest absolute Gasteiger partial charge is 0.183 e. The lowest BCUT2D eigenvalue weighted by Gasteiger charge is -2.17. The molecule has 0 bridgehead atoms. The van der Waals surface area contributed by atoms with Gasteiger partial charge in [0.1, 0.15) is 5.82 Å². The Hall–Kier alpha value is -1.66. The zero-order chi connectivity index (χ0) is 19.0. The van der Waals surface area contributed by atoms with Crippen LogP contribution in [0.25, 0.3) is 0 Å². The molecule has 1 heterocycles. The molecule has 0 atom stereocenters. The molecule has 1 aromatic heterocycles. The molecule has 136 valence electrons. The quantitative estimate of drug-likeness (QED) is 0.729. The summed E-state index contributed by atoms with van der Waals surface area (Å²) >= 11 is 5.73. The van der Waals surface area contributed by atoms with Gasteiger partial charge in [-0.2, -0.15) is 0 Å². The van der Waals surface area contributed by atoms with Gasteiger partial charge in [0.2, 0.25) is 0 Å². The molecule has 0 unspecified atom stereocenters. The fourth-order valence-corrected chi connectivity index (χ4v) is 4.69. The van der Waals surface area contributed by atoms with Crippen molar-refractivity contribution in [2.24, 2.45) is 12.5 Å². The Morgan fingerprint density at radius 3 is 2.52 bits per heavy atom. The van der Waals surface area contributed by atoms with Crippen molar-refractivity contribution >= 4 is 27.2 Å². The fraction of sp³-hybridized carbons (Fsp3) is 0.389. The van der Waals surface area contributed by atoms with Crippen LogP contribution < -0.4 is 0 Å². The Morgan fingerprint density at radius 2 is 1.92 bits per heavy atom. The van der Waals surface area contributed by atoms with Crippen LogP contribution in [0.5, 0.6) is 0 Å². The van der Waals surface area contributed by atoms with Crippen LogP contribution in [0.15, 0.2) is 35.4 Å². The normalized spacial score (nSPS) is 12.4. The van der Waals surface area contributed by atoms with E-state index in [0.29, 0.717) is 0 Å². The van der Waals surface area contributed by atoms with Gasteiger partial charge in [0.05, 0.1) is 21.4 Å². The number of halogens is 2. The summed E-state index contributed by atoms with van der Waals surface area (Å²) in [6.45, 7) is 5.50. The second-order valence-corrected chi connectivity index (χ2v) is 9.70. The Morgan fingerprint density at radius 1 is 1.28 bits per heavy atom. The molecule has 0 aliphatic carbocycles. The molecule has 0 aliphatic heterocycles. The summed E-state index contributed by atoms with van der Waals surface area (Å²) in [4.78, 5) is 12.6. The summed E-state index contributed by atoms with van der Waals surface area (Å²) in [5.74, 6) is -1.03. The lowest BCUT2D eigenvalue weighted by atomic mass is 10.0. The molecule has 0 fully saturated rings. The van der Waals surface area contributed by atoms with Crippen LogP contribution in [0.2, 0.25) is 5.02 Å². The first kappa shape index (κ1) is 19.7. The molecule has 0 radical (unpaired) electrons. The molecule has 0 aliphatic rings. The largest absolute Gasteiger partial charge is 0.347 e. The lowest BCUT2D eigenvalue weighted by Crippen LogP contribution is -2.20. The van der Waals surface area contributed by atoms with Gasteiger partial charge in [-0.1, -0.05) is 44.5 Å². The number of aromatic nitrogens is 1. The van der Waals surface area contributed by atoms with Crippen LogP contribution in [0.3, 0.4) is 0 Å². The number of sulfone groups is 1. The Kier molecular flexibility index (Phi) is 5.44. The highest BCUT2D eigenvalue weighted by molar-refractivity contribution is 7.91. The van der Waals surface area contributed by atoms with Crippen molar-refractivity contribution in [1.29, 1.82) is 0 Å². The minimum atomic E-state index is -3.51. The minimum absolute atomic E-state index is 0.0272. The van der Waals surface area contributed by atoms with Gasteiger partial charge in [-0.25, -0.2) is 12.8 Å². The molecule has 0 spiro atoms. The molecular weight excluding hydrogens is 365 g/mol. The molecular formula is C18H21ClFNO3S.